The summed E-state index contributed by atoms with van der Waals surface area (Å²) in [4.78, 5) is 30.7. The highest BCUT2D eigenvalue weighted by Gasteiger charge is 2.22. The molecular weight excluding hydrogens is 414 g/mol. The number of halogens is 1. The molecule has 0 saturated heterocycles. The fourth-order valence-electron chi connectivity index (χ4n) is 3.55. The quantitative estimate of drug-likeness (QED) is 0.593. The predicted octanol–water partition coefficient (Wildman–Crippen LogP) is 4.98. The summed E-state index contributed by atoms with van der Waals surface area (Å²) in [5.74, 6) is -1.15. The highest BCUT2D eigenvalue weighted by atomic mass is 35.5. The van der Waals surface area contributed by atoms with Crippen LogP contribution in [0.3, 0.4) is 0 Å². The number of nitrogens with one attached hydrogen (secondary N) is 1. The van der Waals surface area contributed by atoms with E-state index in [4.69, 9.17) is 11.6 Å². The molecule has 1 aliphatic rings. The molecule has 0 atom stereocenters. The van der Waals surface area contributed by atoms with E-state index in [0.29, 0.717) is 35.2 Å². The first-order valence-electron chi connectivity index (χ1n) is 9.81. The van der Waals surface area contributed by atoms with Crippen molar-refractivity contribution in [1.29, 1.82) is 0 Å². The van der Waals surface area contributed by atoms with E-state index in [1.807, 2.05) is 23.1 Å². The Morgan fingerprint density at radius 2 is 1.77 bits per heavy atom. The van der Waals surface area contributed by atoms with E-state index in [-0.39, 0.29) is 5.56 Å². The molecule has 0 unspecified atom stereocenters. The van der Waals surface area contributed by atoms with Crippen molar-refractivity contribution >= 4 is 40.6 Å². The summed E-state index contributed by atoms with van der Waals surface area (Å²) >= 11 is 6.07. The maximum absolute atomic E-state index is 12.5. The van der Waals surface area contributed by atoms with Gasteiger partial charge in [-0.2, -0.15) is 0 Å². The lowest BCUT2D eigenvalue weighted by molar-refractivity contribution is 0.0696. The number of carboxylic acids is 1. The number of benzene rings is 2. The fraction of sp³-hybridized carbons (Fsp3) is 0.125. The molecule has 2 N–H and O–H groups in total. The monoisotopic (exact) mass is 433 g/mol. The molecule has 0 fully saturated rings. The smallest absolute Gasteiger partial charge is 0.339 e. The van der Waals surface area contributed by atoms with Crippen molar-refractivity contribution in [3.05, 3.63) is 94.6 Å². The van der Waals surface area contributed by atoms with Gasteiger partial charge in [0, 0.05) is 13.1 Å². The molecule has 1 amide bonds. The highest BCUT2D eigenvalue weighted by Crippen LogP contribution is 2.28. The molecule has 3 aromatic rings. The van der Waals surface area contributed by atoms with Gasteiger partial charge in [-0.05, 0) is 35.8 Å². The maximum atomic E-state index is 12.5. The number of carbonyl (C=O) groups excluding carboxylic acids is 1. The van der Waals surface area contributed by atoms with E-state index in [1.165, 1.54) is 23.4 Å². The zero-order valence-electron chi connectivity index (χ0n) is 16.6. The number of hydrogen-bond donors (Lipinski definition) is 2. The van der Waals surface area contributed by atoms with Gasteiger partial charge in [-0.1, -0.05) is 60.1 Å². The lowest BCUT2D eigenvalue weighted by Crippen LogP contribution is -2.30. The number of nitrogens with zero attached hydrogens (tertiary/aromatic N) is 2. The number of carboxylic acid groups (broad SMARTS) is 1. The van der Waals surface area contributed by atoms with Gasteiger partial charge >= 0.3 is 5.97 Å². The third-order valence-corrected chi connectivity index (χ3v) is 5.46. The summed E-state index contributed by atoms with van der Waals surface area (Å²) < 4.78 is 0. The summed E-state index contributed by atoms with van der Waals surface area (Å²) in [5.41, 5.74) is 3.04. The van der Waals surface area contributed by atoms with E-state index in [0.717, 1.165) is 6.42 Å². The van der Waals surface area contributed by atoms with E-state index >= 15 is 0 Å². The Balaban J connectivity index is 1.55. The standard InChI is InChI=1S/C24H20ClN3O3/c25-21-9-5-4-8-19(21)23(29)27-18-14-20(24(30)31)22(26-15-18)28-12-10-17(11-13-28)16-6-2-1-3-7-16/h1-10,14-15H,11-13H2,(H,27,29)(H,30,31). The molecule has 1 aliphatic heterocycles. The summed E-state index contributed by atoms with van der Waals surface area (Å²) in [6, 6.07) is 18.2. The van der Waals surface area contributed by atoms with Gasteiger partial charge in [0.2, 0.25) is 0 Å². The molecule has 2 aromatic carbocycles. The van der Waals surface area contributed by atoms with Crippen LogP contribution < -0.4 is 10.2 Å². The molecule has 31 heavy (non-hydrogen) atoms. The van der Waals surface area contributed by atoms with Crippen LogP contribution >= 0.6 is 11.6 Å². The van der Waals surface area contributed by atoms with Crippen LogP contribution in [0.25, 0.3) is 5.57 Å². The summed E-state index contributed by atoms with van der Waals surface area (Å²) in [6.07, 6.45) is 4.35. The van der Waals surface area contributed by atoms with Crippen molar-refractivity contribution in [2.24, 2.45) is 0 Å². The Labute approximate surface area is 184 Å². The molecule has 0 saturated carbocycles. The number of hydrogen-bond acceptors (Lipinski definition) is 4. The molecule has 156 valence electrons. The lowest BCUT2D eigenvalue weighted by Gasteiger charge is -2.28. The summed E-state index contributed by atoms with van der Waals surface area (Å²) in [7, 11) is 0. The molecule has 1 aromatic heterocycles. The van der Waals surface area contributed by atoms with Gasteiger partial charge in [-0.25, -0.2) is 9.78 Å². The van der Waals surface area contributed by atoms with Gasteiger partial charge < -0.3 is 15.3 Å². The van der Waals surface area contributed by atoms with Crippen molar-refractivity contribution < 1.29 is 14.7 Å². The van der Waals surface area contributed by atoms with Crippen molar-refractivity contribution in [1.82, 2.24) is 4.98 Å². The van der Waals surface area contributed by atoms with Crippen LogP contribution in [0.2, 0.25) is 5.02 Å². The fourth-order valence-corrected chi connectivity index (χ4v) is 3.78. The van der Waals surface area contributed by atoms with E-state index in [1.54, 1.807) is 24.3 Å². The first kappa shape index (κ1) is 20.6. The largest absolute Gasteiger partial charge is 0.478 e. The van der Waals surface area contributed by atoms with Gasteiger partial charge in [-0.15, -0.1) is 0 Å². The van der Waals surface area contributed by atoms with Crippen LogP contribution in [-0.2, 0) is 0 Å². The Morgan fingerprint density at radius 1 is 1.03 bits per heavy atom. The first-order valence-corrected chi connectivity index (χ1v) is 10.2. The van der Waals surface area contributed by atoms with Gasteiger partial charge in [0.25, 0.3) is 5.91 Å². The van der Waals surface area contributed by atoms with Crippen molar-refractivity contribution in [2.75, 3.05) is 23.3 Å². The molecule has 0 radical (unpaired) electrons. The Hall–Kier alpha value is -3.64. The second-order valence-corrected chi connectivity index (χ2v) is 7.53. The zero-order chi connectivity index (χ0) is 21.8. The topological polar surface area (TPSA) is 82.5 Å². The molecule has 0 aliphatic carbocycles. The van der Waals surface area contributed by atoms with Crippen LogP contribution in [0.5, 0.6) is 0 Å². The highest BCUT2D eigenvalue weighted by molar-refractivity contribution is 6.34. The molecule has 7 heteroatoms. The van der Waals surface area contributed by atoms with Crippen LogP contribution in [-0.4, -0.2) is 35.1 Å². The second-order valence-electron chi connectivity index (χ2n) is 7.13. The van der Waals surface area contributed by atoms with E-state index < -0.39 is 11.9 Å². The molecule has 0 bridgehead atoms. The number of aromatic nitrogens is 1. The molecule has 0 spiro atoms. The molecule has 4 rings (SSSR count). The number of carbonyl (C=O) groups is 2. The number of amides is 1. The maximum Gasteiger partial charge on any atom is 0.339 e. The van der Waals surface area contributed by atoms with Gasteiger partial charge in [0.05, 0.1) is 22.5 Å². The first-order chi connectivity index (χ1) is 15.0. The van der Waals surface area contributed by atoms with Gasteiger partial charge in [-0.3, -0.25) is 4.79 Å². The van der Waals surface area contributed by atoms with Crippen LogP contribution in [0, 0.1) is 0 Å². The summed E-state index contributed by atoms with van der Waals surface area (Å²) in [6.45, 7) is 1.21. The molecule has 6 nitrogen and oxygen atoms in total. The second kappa shape index (κ2) is 9.02. The Kier molecular flexibility index (Phi) is 6.00. The third kappa shape index (κ3) is 4.59. The van der Waals surface area contributed by atoms with Gasteiger partial charge in [0.15, 0.2) is 0 Å². The minimum atomic E-state index is -1.10. The molecule has 2 heterocycles. The van der Waals surface area contributed by atoms with E-state index in [9.17, 15) is 14.7 Å². The van der Waals surface area contributed by atoms with Crippen LogP contribution in [0.1, 0.15) is 32.7 Å². The lowest BCUT2D eigenvalue weighted by atomic mass is 9.99. The average Bonchev–Trinajstić information content (AvgIpc) is 2.80. The summed E-state index contributed by atoms with van der Waals surface area (Å²) in [5, 5.41) is 12.7. The number of aromatic carboxylic acids is 1. The number of pyridine rings is 1. The van der Waals surface area contributed by atoms with Crippen molar-refractivity contribution in [3.63, 3.8) is 0 Å². The number of anilines is 2. The van der Waals surface area contributed by atoms with Crippen LogP contribution in [0.4, 0.5) is 11.5 Å². The Morgan fingerprint density at radius 3 is 2.45 bits per heavy atom. The van der Waals surface area contributed by atoms with Crippen molar-refractivity contribution in [3.8, 4) is 0 Å². The average molecular weight is 434 g/mol. The Bertz CT molecular complexity index is 1160. The zero-order valence-corrected chi connectivity index (χ0v) is 17.3. The normalized spacial score (nSPS) is 13.5. The number of rotatable bonds is 5. The van der Waals surface area contributed by atoms with Crippen LogP contribution in [0.15, 0.2) is 72.9 Å². The SMILES string of the molecule is O=C(Nc1cnc(N2CC=C(c3ccccc3)CC2)c(C(=O)O)c1)c1ccccc1Cl. The molecular formula is C24H20ClN3O3. The third-order valence-electron chi connectivity index (χ3n) is 5.13. The minimum absolute atomic E-state index is 0.0357. The minimum Gasteiger partial charge on any atom is -0.478 e. The van der Waals surface area contributed by atoms with Crippen molar-refractivity contribution in [2.45, 2.75) is 6.42 Å². The van der Waals surface area contributed by atoms with Gasteiger partial charge in [0.1, 0.15) is 11.4 Å². The predicted molar refractivity (Wildman–Crippen MR) is 122 cm³/mol. The van der Waals surface area contributed by atoms with E-state index in [2.05, 4.69) is 28.5 Å².